The molecule has 1 heterocycles. The zero-order valence-corrected chi connectivity index (χ0v) is 17.1. The van der Waals surface area contributed by atoms with Crippen LogP contribution in [0.3, 0.4) is 0 Å². The second-order valence-corrected chi connectivity index (χ2v) is 11.1. The number of hydrogen-bond acceptors (Lipinski definition) is 4. The summed E-state index contributed by atoms with van der Waals surface area (Å²) in [5.41, 5.74) is 1.18. The fourth-order valence-corrected chi connectivity index (χ4v) is 7.52. The molecule has 0 spiro atoms. The molecule has 1 saturated heterocycles. The van der Waals surface area contributed by atoms with Crippen molar-refractivity contribution in [1.82, 2.24) is 4.90 Å². The van der Waals surface area contributed by atoms with E-state index in [-0.39, 0.29) is 28.7 Å². The van der Waals surface area contributed by atoms with Crippen molar-refractivity contribution in [2.75, 3.05) is 17.3 Å². The fraction of sp³-hybridized carbons (Fsp3) is 0.476. The predicted molar refractivity (Wildman–Crippen MR) is 112 cm³/mol. The molecule has 0 radical (unpaired) electrons. The zero-order valence-electron chi connectivity index (χ0n) is 15.5. The van der Waals surface area contributed by atoms with Gasteiger partial charge < -0.3 is 4.90 Å². The van der Waals surface area contributed by atoms with Crippen molar-refractivity contribution in [3.8, 4) is 0 Å². The number of rotatable bonds is 6. The summed E-state index contributed by atoms with van der Waals surface area (Å²) in [7, 11) is -2.90. The topological polar surface area (TPSA) is 54.5 Å². The number of fused-ring (bicyclic) bond motifs is 1. The lowest BCUT2D eigenvalue weighted by Crippen LogP contribution is -2.37. The Hall–Kier alpha value is -1.53. The van der Waals surface area contributed by atoms with E-state index in [1.165, 1.54) is 28.1 Å². The van der Waals surface area contributed by atoms with Gasteiger partial charge in [0.05, 0.1) is 23.3 Å². The lowest BCUT2D eigenvalue weighted by atomic mass is 9.98. The molecule has 0 unspecified atom stereocenters. The quantitative estimate of drug-likeness (QED) is 0.736. The predicted octanol–water partition coefficient (Wildman–Crippen LogP) is 3.81. The van der Waals surface area contributed by atoms with Crippen LogP contribution in [0.15, 0.2) is 42.5 Å². The number of carbonyl (C=O) groups excluding carboxylic acids is 1. The van der Waals surface area contributed by atoms with Crippen LogP contribution in [0.4, 0.5) is 0 Å². The van der Waals surface area contributed by atoms with Crippen molar-refractivity contribution in [1.29, 1.82) is 0 Å². The molecule has 144 valence electrons. The third kappa shape index (κ3) is 4.16. The van der Waals surface area contributed by atoms with Crippen LogP contribution in [-0.4, -0.2) is 47.8 Å². The van der Waals surface area contributed by atoms with E-state index < -0.39 is 9.84 Å². The summed E-state index contributed by atoms with van der Waals surface area (Å²) in [5.74, 6) is 0.976. The van der Waals surface area contributed by atoms with Gasteiger partial charge in [-0.1, -0.05) is 42.5 Å². The standard InChI is InChI=1S/C21H25NO3S2/c1-15(19-8-4-6-16-5-2-3-7-20(16)19)22(17-9-10-17)21(23)13-26-18-11-12-27(24,25)14-18/h2-8,15,17-18H,9-14H2,1H3/t15-,18+/m0/s1. The molecule has 27 heavy (non-hydrogen) atoms. The fourth-order valence-electron chi connectivity index (χ4n) is 4.01. The van der Waals surface area contributed by atoms with E-state index in [1.54, 1.807) is 0 Å². The van der Waals surface area contributed by atoms with Crippen LogP contribution in [0.25, 0.3) is 10.8 Å². The molecule has 4 rings (SSSR count). The van der Waals surface area contributed by atoms with E-state index in [0.29, 0.717) is 18.2 Å². The van der Waals surface area contributed by atoms with Crippen LogP contribution in [-0.2, 0) is 14.6 Å². The Morgan fingerprint density at radius 3 is 2.59 bits per heavy atom. The lowest BCUT2D eigenvalue weighted by molar-refractivity contribution is -0.131. The number of benzene rings is 2. The number of amides is 1. The number of nitrogens with zero attached hydrogens (tertiary/aromatic N) is 1. The first-order valence-electron chi connectivity index (χ1n) is 9.55. The molecular weight excluding hydrogens is 378 g/mol. The van der Waals surface area contributed by atoms with E-state index >= 15 is 0 Å². The second-order valence-electron chi connectivity index (χ2n) is 7.61. The van der Waals surface area contributed by atoms with E-state index in [4.69, 9.17) is 0 Å². The van der Waals surface area contributed by atoms with Gasteiger partial charge in [0.1, 0.15) is 0 Å². The maximum absolute atomic E-state index is 13.0. The van der Waals surface area contributed by atoms with Crippen LogP contribution in [0.5, 0.6) is 0 Å². The third-order valence-corrected chi connectivity index (χ3v) is 8.82. The number of hydrogen-bond donors (Lipinski definition) is 0. The minimum absolute atomic E-state index is 0.0176. The van der Waals surface area contributed by atoms with Crippen LogP contribution in [0.2, 0.25) is 0 Å². The molecular formula is C21H25NO3S2. The van der Waals surface area contributed by atoms with E-state index in [0.717, 1.165) is 12.8 Å². The lowest BCUT2D eigenvalue weighted by Gasteiger charge is -2.31. The molecule has 2 atom stereocenters. The highest BCUT2D eigenvalue weighted by atomic mass is 32.2. The molecule has 6 heteroatoms. The highest BCUT2D eigenvalue weighted by Gasteiger charge is 2.37. The van der Waals surface area contributed by atoms with E-state index in [9.17, 15) is 13.2 Å². The van der Waals surface area contributed by atoms with Crippen molar-refractivity contribution >= 4 is 38.3 Å². The Kier molecular flexibility index (Phi) is 5.21. The van der Waals surface area contributed by atoms with E-state index in [2.05, 4.69) is 37.3 Å². The molecule has 1 aliphatic carbocycles. The molecule has 2 aromatic rings. The molecule has 1 amide bonds. The molecule has 0 bridgehead atoms. The smallest absolute Gasteiger partial charge is 0.233 e. The van der Waals surface area contributed by atoms with E-state index in [1.807, 2.05) is 17.0 Å². The van der Waals surface area contributed by atoms with Gasteiger partial charge in [0.25, 0.3) is 0 Å². The largest absolute Gasteiger partial charge is 0.332 e. The Morgan fingerprint density at radius 2 is 1.89 bits per heavy atom. The summed E-state index contributed by atoms with van der Waals surface area (Å²) >= 11 is 1.51. The van der Waals surface area contributed by atoms with Crippen LogP contribution in [0.1, 0.15) is 37.8 Å². The van der Waals surface area contributed by atoms with Gasteiger partial charge in [-0.2, -0.15) is 0 Å². The minimum Gasteiger partial charge on any atom is -0.332 e. The van der Waals surface area contributed by atoms with Crippen molar-refractivity contribution in [2.45, 2.75) is 43.5 Å². The highest BCUT2D eigenvalue weighted by Crippen LogP contribution is 2.37. The molecule has 2 fully saturated rings. The van der Waals surface area contributed by atoms with Crippen molar-refractivity contribution in [2.24, 2.45) is 0 Å². The Bertz CT molecular complexity index is 948. The summed E-state index contributed by atoms with van der Waals surface area (Å²) in [6, 6.07) is 14.9. The SMILES string of the molecule is C[C@@H](c1cccc2ccccc12)N(C(=O)CS[C@@H]1CCS(=O)(=O)C1)C1CC1. The summed E-state index contributed by atoms with van der Waals surface area (Å²) < 4.78 is 23.3. The molecule has 1 aliphatic heterocycles. The first kappa shape index (κ1) is 18.8. The van der Waals surface area contributed by atoms with Crippen LogP contribution < -0.4 is 0 Å². The normalized spacial score (nSPS) is 22.6. The average molecular weight is 404 g/mol. The summed E-state index contributed by atoms with van der Waals surface area (Å²) in [5, 5.41) is 2.45. The van der Waals surface area contributed by atoms with Gasteiger partial charge in [0, 0.05) is 11.3 Å². The van der Waals surface area contributed by atoms with Crippen molar-refractivity contribution < 1.29 is 13.2 Å². The Labute approximate surface area is 165 Å². The molecule has 4 nitrogen and oxygen atoms in total. The molecule has 2 aromatic carbocycles. The average Bonchev–Trinajstić information content (AvgIpc) is 3.42. The Morgan fingerprint density at radius 1 is 1.15 bits per heavy atom. The Balaban J connectivity index is 1.51. The molecule has 0 N–H and O–H groups in total. The van der Waals surface area contributed by atoms with Crippen molar-refractivity contribution in [3.63, 3.8) is 0 Å². The maximum Gasteiger partial charge on any atom is 0.233 e. The highest BCUT2D eigenvalue weighted by molar-refractivity contribution is 8.02. The van der Waals surface area contributed by atoms with Gasteiger partial charge in [-0.05, 0) is 42.5 Å². The summed E-state index contributed by atoms with van der Waals surface area (Å²) in [4.78, 5) is 15.1. The summed E-state index contributed by atoms with van der Waals surface area (Å²) in [6.07, 6.45) is 2.79. The third-order valence-electron chi connectivity index (χ3n) is 5.55. The summed E-state index contributed by atoms with van der Waals surface area (Å²) in [6.45, 7) is 2.11. The minimum atomic E-state index is -2.90. The first-order valence-corrected chi connectivity index (χ1v) is 12.4. The van der Waals surface area contributed by atoms with Crippen LogP contribution in [0, 0.1) is 0 Å². The van der Waals surface area contributed by atoms with Crippen molar-refractivity contribution in [3.05, 3.63) is 48.0 Å². The first-order chi connectivity index (χ1) is 12.9. The molecule has 2 aliphatic rings. The van der Waals surface area contributed by atoms with Gasteiger partial charge >= 0.3 is 0 Å². The second kappa shape index (κ2) is 7.47. The van der Waals surface area contributed by atoms with Gasteiger partial charge in [-0.25, -0.2) is 8.42 Å². The molecule has 1 saturated carbocycles. The van der Waals surface area contributed by atoms with Gasteiger partial charge in [0.15, 0.2) is 9.84 Å². The number of carbonyl (C=O) groups is 1. The van der Waals surface area contributed by atoms with Gasteiger partial charge in [-0.15, -0.1) is 11.8 Å². The molecule has 0 aromatic heterocycles. The maximum atomic E-state index is 13.0. The number of sulfone groups is 1. The van der Waals surface area contributed by atoms with Crippen LogP contribution >= 0.6 is 11.8 Å². The monoisotopic (exact) mass is 403 g/mol. The zero-order chi connectivity index (χ0) is 19.0. The van der Waals surface area contributed by atoms with Gasteiger partial charge in [0.2, 0.25) is 5.91 Å². The number of thioether (sulfide) groups is 1. The van der Waals surface area contributed by atoms with Gasteiger partial charge in [-0.3, -0.25) is 4.79 Å².